The summed E-state index contributed by atoms with van der Waals surface area (Å²) in [5.74, 6) is 1.98. The first-order chi connectivity index (χ1) is 12.2. The first kappa shape index (κ1) is 22.0. The van der Waals surface area contributed by atoms with Gasteiger partial charge in [0.05, 0.1) is 20.3 Å². The van der Waals surface area contributed by atoms with Gasteiger partial charge in [-0.25, -0.2) is 4.99 Å². The molecule has 0 saturated carbocycles. The number of benzene rings is 2. The third-order valence-corrected chi connectivity index (χ3v) is 3.45. The maximum absolute atomic E-state index is 5.94. The van der Waals surface area contributed by atoms with Crippen molar-refractivity contribution in [3.8, 4) is 11.5 Å². The van der Waals surface area contributed by atoms with E-state index in [4.69, 9.17) is 19.9 Å². The number of methoxy groups -OCH3 is 2. The van der Waals surface area contributed by atoms with Crippen LogP contribution in [0.3, 0.4) is 0 Å². The Kier molecular flexibility index (Phi) is 10.5. The van der Waals surface area contributed by atoms with E-state index < -0.39 is 0 Å². The zero-order valence-corrected chi connectivity index (χ0v) is 17.4. The topological polar surface area (TPSA) is 78.1 Å². The second kappa shape index (κ2) is 12.4. The molecule has 6 nitrogen and oxygen atoms in total. The molecule has 0 unspecified atom stereocenters. The van der Waals surface area contributed by atoms with E-state index >= 15 is 0 Å². The van der Waals surface area contributed by atoms with Gasteiger partial charge >= 0.3 is 0 Å². The van der Waals surface area contributed by atoms with Gasteiger partial charge in [-0.15, -0.1) is 24.0 Å². The van der Waals surface area contributed by atoms with Gasteiger partial charge in [-0.1, -0.05) is 12.1 Å². The molecule has 0 bridgehead atoms. The molecule has 2 aromatic rings. The second-order valence-electron chi connectivity index (χ2n) is 5.40. The largest absolute Gasteiger partial charge is 0.497 e. The molecule has 0 radical (unpaired) electrons. The van der Waals surface area contributed by atoms with Gasteiger partial charge in [-0.3, -0.25) is 0 Å². The lowest BCUT2D eigenvalue weighted by Gasteiger charge is -2.08. The van der Waals surface area contributed by atoms with E-state index in [9.17, 15) is 0 Å². The molecule has 142 valence electrons. The fourth-order valence-corrected chi connectivity index (χ4v) is 2.17. The third-order valence-electron chi connectivity index (χ3n) is 3.45. The summed E-state index contributed by atoms with van der Waals surface area (Å²) >= 11 is 0. The number of nitrogens with one attached hydrogen (secondary N) is 1. The first-order valence-corrected chi connectivity index (χ1v) is 8.13. The van der Waals surface area contributed by atoms with Crippen LogP contribution in [0.1, 0.15) is 12.0 Å². The smallest absolute Gasteiger partial charge is 0.193 e. The molecular formula is C19H26IN3O3. The summed E-state index contributed by atoms with van der Waals surface area (Å²) in [7, 11) is 3.32. The van der Waals surface area contributed by atoms with Crippen molar-refractivity contribution in [3.05, 3.63) is 54.1 Å². The van der Waals surface area contributed by atoms with Gasteiger partial charge < -0.3 is 25.3 Å². The number of rotatable bonds is 9. The van der Waals surface area contributed by atoms with Crippen LogP contribution in [0, 0.1) is 0 Å². The van der Waals surface area contributed by atoms with Gasteiger partial charge in [0.15, 0.2) is 5.96 Å². The van der Waals surface area contributed by atoms with Gasteiger partial charge in [-0.2, -0.15) is 0 Å². The van der Waals surface area contributed by atoms with Crippen molar-refractivity contribution in [2.24, 2.45) is 10.7 Å². The molecule has 0 atom stereocenters. The van der Waals surface area contributed by atoms with Crippen LogP contribution < -0.4 is 20.5 Å². The van der Waals surface area contributed by atoms with Crippen LogP contribution in [-0.4, -0.2) is 33.4 Å². The second-order valence-corrected chi connectivity index (χ2v) is 5.40. The summed E-state index contributed by atoms with van der Waals surface area (Å²) in [6, 6.07) is 15.3. The average molecular weight is 471 g/mol. The van der Waals surface area contributed by atoms with Crippen LogP contribution in [0.25, 0.3) is 0 Å². The molecule has 0 aliphatic carbocycles. The van der Waals surface area contributed by atoms with Crippen molar-refractivity contribution >= 4 is 35.6 Å². The van der Waals surface area contributed by atoms with E-state index in [0.717, 1.165) is 29.2 Å². The van der Waals surface area contributed by atoms with Crippen molar-refractivity contribution in [2.45, 2.75) is 13.0 Å². The monoisotopic (exact) mass is 471 g/mol. The molecule has 7 heteroatoms. The summed E-state index contributed by atoms with van der Waals surface area (Å²) in [5, 5.41) is 3.05. The van der Waals surface area contributed by atoms with Crippen molar-refractivity contribution in [2.75, 3.05) is 32.8 Å². The molecule has 3 N–H and O–H groups in total. The number of nitrogens with two attached hydrogens (primary N) is 1. The Morgan fingerprint density at radius 1 is 1.04 bits per heavy atom. The molecule has 0 fully saturated rings. The van der Waals surface area contributed by atoms with Crippen LogP contribution in [-0.2, 0) is 11.3 Å². The van der Waals surface area contributed by atoms with E-state index in [1.54, 1.807) is 14.2 Å². The number of hydrogen-bond donors (Lipinski definition) is 2. The molecule has 2 rings (SSSR count). The lowest BCUT2D eigenvalue weighted by Crippen LogP contribution is -2.22. The van der Waals surface area contributed by atoms with Gasteiger partial charge in [0, 0.05) is 25.8 Å². The predicted molar refractivity (Wildman–Crippen MR) is 116 cm³/mol. The molecule has 0 spiro atoms. The van der Waals surface area contributed by atoms with Gasteiger partial charge in [0.25, 0.3) is 0 Å². The molecule has 0 aromatic heterocycles. The Balaban J connectivity index is 0.00000338. The molecular weight excluding hydrogens is 445 g/mol. The predicted octanol–water partition coefficient (Wildman–Crippen LogP) is 3.66. The lowest BCUT2D eigenvalue weighted by atomic mass is 10.2. The minimum atomic E-state index is 0. The van der Waals surface area contributed by atoms with E-state index in [-0.39, 0.29) is 24.0 Å². The highest BCUT2D eigenvalue weighted by molar-refractivity contribution is 14.0. The normalized spacial score (nSPS) is 10.8. The van der Waals surface area contributed by atoms with E-state index in [0.29, 0.717) is 25.7 Å². The molecule has 0 aliphatic rings. The molecule has 2 aromatic carbocycles. The number of hydrogen-bond acceptors (Lipinski definition) is 4. The van der Waals surface area contributed by atoms with Gasteiger partial charge in [0.2, 0.25) is 0 Å². The molecule has 0 aliphatic heterocycles. The minimum absolute atomic E-state index is 0. The van der Waals surface area contributed by atoms with Crippen molar-refractivity contribution in [3.63, 3.8) is 0 Å². The van der Waals surface area contributed by atoms with Crippen LogP contribution in [0.2, 0.25) is 0 Å². The Hall–Kier alpha value is -2.00. The van der Waals surface area contributed by atoms with Gasteiger partial charge in [0.1, 0.15) is 11.5 Å². The highest BCUT2D eigenvalue weighted by Gasteiger charge is 1.99. The zero-order valence-electron chi connectivity index (χ0n) is 15.1. The van der Waals surface area contributed by atoms with Crippen LogP contribution in [0.4, 0.5) is 5.69 Å². The Morgan fingerprint density at radius 3 is 2.50 bits per heavy atom. The number of aliphatic imine (C=N–C) groups is 1. The average Bonchev–Trinajstić information content (AvgIpc) is 2.65. The maximum Gasteiger partial charge on any atom is 0.193 e. The summed E-state index contributed by atoms with van der Waals surface area (Å²) in [6.07, 6.45) is 0.859. The van der Waals surface area contributed by atoms with Crippen molar-refractivity contribution in [1.82, 2.24) is 0 Å². The first-order valence-electron chi connectivity index (χ1n) is 8.13. The SMILES string of the molecule is COCCCOc1cccc(CN=C(N)Nc2ccc(OC)cc2)c1.I. The molecule has 0 amide bonds. The highest BCUT2D eigenvalue weighted by atomic mass is 127. The maximum atomic E-state index is 5.94. The molecule has 0 heterocycles. The number of nitrogens with zero attached hydrogens (tertiary/aromatic N) is 1. The van der Waals surface area contributed by atoms with Crippen molar-refractivity contribution < 1.29 is 14.2 Å². The number of halogens is 1. The van der Waals surface area contributed by atoms with Crippen molar-refractivity contribution in [1.29, 1.82) is 0 Å². The third kappa shape index (κ3) is 7.92. The minimum Gasteiger partial charge on any atom is -0.497 e. The lowest BCUT2D eigenvalue weighted by molar-refractivity contribution is 0.172. The van der Waals surface area contributed by atoms with Crippen LogP contribution in [0.15, 0.2) is 53.5 Å². The molecule has 0 saturated heterocycles. The van der Waals surface area contributed by atoms with E-state index in [2.05, 4.69) is 10.3 Å². The number of anilines is 1. The zero-order chi connectivity index (χ0) is 17.9. The number of guanidine groups is 1. The fraction of sp³-hybridized carbons (Fsp3) is 0.316. The summed E-state index contributed by atoms with van der Waals surface area (Å²) in [6.45, 7) is 1.80. The molecule has 26 heavy (non-hydrogen) atoms. The summed E-state index contributed by atoms with van der Waals surface area (Å²) in [5.41, 5.74) is 7.83. The van der Waals surface area contributed by atoms with E-state index in [1.165, 1.54) is 0 Å². The van der Waals surface area contributed by atoms with Crippen LogP contribution in [0.5, 0.6) is 11.5 Å². The fourth-order valence-electron chi connectivity index (χ4n) is 2.17. The summed E-state index contributed by atoms with van der Waals surface area (Å²) < 4.78 is 15.8. The van der Waals surface area contributed by atoms with E-state index in [1.807, 2.05) is 48.5 Å². The quantitative estimate of drug-likeness (QED) is 0.253. The van der Waals surface area contributed by atoms with Crippen LogP contribution >= 0.6 is 24.0 Å². The van der Waals surface area contributed by atoms with Gasteiger partial charge in [-0.05, 0) is 42.0 Å². The Labute approximate surface area is 171 Å². The standard InChI is InChI=1S/C19H25N3O3.HI/c1-23-11-4-12-25-18-6-3-5-15(13-18)14-21-19(20)22-16-7-9-17(24-2)10-8-16;/h3,5-10,13H,4,11-12,14H2,1-2H3,(H3,20,21,22);1H. The number of ether oxygens (including phenoxy) is 3. The highest BCUT2D eigenvalue weighted by Crippen LogP contribution is 2.16. The summed E-state index contributed by atoms with van der Waals surface area (Å²) in [4.78, 5) is 4.36. The Bertz CT molecular complexity index is 678. The Morgan fingerprint density at radius 2 is 1.81 bits per heavy atom.